The average molecular weight is 599 g/mol. The van der Waals surface area contributed by atoms with E-state index in [0.717, 1.165) is 11.1 Å². The van der Waals surface area contributed by atoms with Crippen molar-refractivity contribution < 1.29 is 29.0 Å². The summed E-state index contributed by atoms with van der Waals surface area (Å²) < 4.78 is 4.82. The molecule has 44 heavy (non-hydrogen) atoms. The van der Waals surface area contributed by atoms with Gasteiger partial charge in [-0.05, 0) is 34.9 Å². The number of nitrogens with zero attached hydrogens (tertiary/aromatic N) is 5. The monoisotopic (exact) mass is 598 g/mol. The van der Waals surface area contributed by atoms with Gasteiger partial charge in [0.05, 0.1) is 25.8 Å². The second-order valence-electron chi connectivity index (χ2n) is 10.6. The van der Waals surface area contributed by atoms with Crippen LogP contribution in [0.25, 0.3) is 0 Å². The molecule has 3 aromatic rings. The maximum absolute atomic E-state index is 14.1. The van der Waals surface area contributed by atoms with Gasteiger partial charge >= 0.3 is 12.0 Å². The molecule has 0 unspecified atom stereocenters. The van der Waals surface area contributed by atoms with Crippen LogP contribution in [0.2, 0.25) is 0 Å². The molecule has 0 bridgehead atoms. The molecule has 0 aliphatic carbocycles. The van der Waals surface area contributed by atoms with E-state index in [9.17, 15) is 24.3 Å². The van der Waals surface area contributed by atoms with Crippen LogP contribution in [0.1, 0.15) is 27.0 Å². The number of carbonyl (C=O) groups excluding carboxylic acids is 4. The molecule has 2 saturated heterocycles. The minimum atomic E-state index is -0.933. The molecule has 2 fully saturated rings. The minimum absolute atomic E-state index is 0.0193. The van der Waals surface area contributed by atoms with Gasteiger partial charge in [0.25, 0.3) is 0 Å². The smallest absolute Gasteiger partial charge is 0.339 e. The number of hydrogen-bond acceptors (Lipinski definition) is 8. The zero-order chi connectivity index (χ0) is 31.2. The van der Waals surface area contributed by atoms with Gasteiger partial charge in [-0.3, -0.25) is 14.6 Å². The number of fused-ring (bicyclic) bond motifs is 1. The summed E-state index contributed by atoms with van der Waals surface area (Å²) in [6.07, 6.45) is 3.89. The van der Waals surface area contributed by atoms with Gasteiger partial charge < -0.3 is 25.0 Å². The van der Waals surface area contributed by atoms with Gasteiger partial charge in [0.1, 0.15) is 18.0 Å². The van der Waals surface area contributed by atoms with Crippen LogP contribution in [-0.2, 0) is 33.8 Å². The summed E-state index contributed by atoms with van der Waals surface area (Å²) in [7, 11) is 1.28. The van der Waals surface area contributed by atoms with Crippen LogP contribution in [0.3, 0.4) is 0 Å². The Morgan fingerprint density at radius 2 is 1.82 bits per heavy atom. The molecule has 0 saturated carbocycles. The SMILES string of the molecule is C=CCN1CC(=O)N2[C@@H](Cc3ccc(O)cc3)C(=O)N(Cc3cncc(C(=O)OC)c3)C[C@@H]2N1C(=O)NCc1ccccc1. The van der Waals surface area contributed by atoms with Crippen molar-refractivity contribution in [3.63, 3.8) is 0 Å². The van der Waals surface area contributed by atoms with E-state index in [1.165, 1.54) is 35.3 Å². The Hall–Kier alpha value is -5.23. The summed E-state index contributed by atoms with van der Waals surface area (Å²) in [4.78, 5) is 61.0. The lowest BCUT2D eigenvalue weighted by Crippen LogP contribution is -2.76. The highest BCUT2D eigenvalue weighted by molar-refractivity contribution is 5.92. The first kappa shape index (κ1) is 30.2. The molecule has 0 radical (unpaired) electrons. The largest absolute Gasteiger partial charge is 0.508 e. The van der Waals surface area contributed by atoms with E-state index in [-0.39, 0.29) is 62.3 Å². The number of phenolic OH excluding ortho intramolecular Hbond substituents is 1. The summed E-state index contributed by atoms with van der Waals surface area (Å²) in [5.74, 6) is -1.08. The molecule has 4 amide bonds. The van der Waals surface area contributed by atoms with Gasteiger partial charge in [0.15, 0.2) is 0 Å². The van der Waals surface area contributed by atoms with E-state index in [2.05, 4.69) is 16.9 Å². The zero-order valence-corrected chi connectivity index (χ0v) is 24.3. The second kappa shape index (κ2) is 13.4. The van der Waals surface area contributed by atoms with Gasteiger partial charge in [-0.2, -0.15) is 0 Å². The molecule has 3 heterocycles. The van der Waals surface area contributed by atoms with E-state index in [4.69, 9.17) is 4.74 Å². The van der Waals surface area contributed by atoms with E-state index in [1.54, 1.807) is 40.4 Å². The van der Waals surface area contributed by atoms with E-state index >= 15 is 0 Å². The van der Waals surface area contributed by atoms with E-state index in [1.807, 2.05) is 30.3 Å². The van der Waals surface area contributed by atoms with Crippen LogP contribution < -0.4 is 5.32 Å². The van der Waals surface area contributed by atoms with Gasteiger partial charge in [-0.25, -0.2) is 19.6 Å². The lowest BCUT2D eigenvalue weighted by atomic mass is 9.98. The molecule has 0 spiro atoms. The Bertz CT molecular complexity index is 1530. The van der Waals surface area contributed by atoms with Gasteiger partial charge in [0, 0.05) is 38.4 Å². The number of phenols is 1. The minimum Gasteiger partial charge on any atom is -0.508 e. The van der Waals surface area contributed by atoms with Gasteiger partial charge in [-0.15, -0.1) is 6.58 Å². The number of carbonyl (C=O) groups is 4. The average Bonchev–Trinajstić information content (AvgIpc) is 3.03. The first-order chi connectivity index (χ1) is 21.3. The number of amides is 4. The Labute approximate surface area is 255 Å². The fourth-order valence-corrected chi connectivity index (χ4v) is 5.58. The third kappa shape index (κ3) is 6.55. The first-order valence-corrected chi connectivity index (χ1v) is 14.2. The summed E-state index contributed by atoms with van der Waals surface area (Å²) in [6, 6.07) is 16.2. The first-order valence-electron chi connectivity index (χ1n) is 14.2. The number of methoxy groups -OCH3 is 1. The quantitative estimate of drug-likeness (QED) is 0.283. The molecule has 1 aromatic heterocycles. The molecule has 2 atom stereocenters. The molecule has 2 N–H and O–H groups in total. The molecule has 2 aromatic carbocycles. The summed E-state index contributed by atoms with van der Waals surface area (Å²) in [5.41, 5.74) is 2.47. The number of pyridine rings is 1. The van der Waals surface area contributed by atoms with Gasteiger partial charge in [0.2, 0.25) is 11.8 Å². The van der Waals surface area contributed by atoms with Crippen molar-refractivity contribution >= 4 is 23.8 Å². The Balaban J connectivity index is 1.50. The maximum Gasteiger partial charge on any atom is 0.339 e. The predicted octanol–water partition coefficient (Wildman–Crippen LogP) is 2.31. The van der Waals surface area contributed by atoms with Crippen LogP contribution in [0, 0.1) is 0 Å². The summed E-state index contributed by atoms with van der Waals surface area (Å²) in [6.45, 7) is 4.29. The molecule has 2 aliphatic rings. The van der Waals surface area contributed by atoms with Crippen molar-refractivity contribution in [2.24, 2.45) is 0 Å². The Kier molecular flexibility index (Phi) is 9.20. The fourth-order valence-electron chi connectivity index (χ4n) is 5.58. The zero-order valence-electron chi connectivity index (χ0n) is 24.3. The summed E-state index contributed by atoms with van der Waals surface area (Å²) in [5, 5.41) is 15.9. The third-order valence-electron chi connectivity index (χ3n) is 7.62. The molecule has 2 aliphatic heterocycles. The Morgan fingerprint density at radius 3 is 2.52 bits per heavy atom. The molecule has 228 valence electrons. The van der Waals surface area contributed by atoms with Crippen molar-refractivity contribution in [1.29, 1.82) is 0 Å². The van der Waals surface area contributed by atoms with Crippen molar-refractivity contribution in [2.75, 3.05) is 26.7 Å². The third-order valence-corrected chi connectivity index (χ3v) is 7.62. The number of urea groups is 1. The predicted molar refractivity (Wildman–Crippen MR) is 160 cm³/mol. The number of hydrazine groups is 1. The number of hydrogen-bond donors (Lipinski definition) is 2. The number of aromatic nitrogens is 1. The topological polar surface area (TPSA) is 136 Å². The van der Waals surface area contributed by atoms with Crippen LogP contribution in [0.5, 0.6) is 5.75 Å². The lowest BCUT2D eigenvalue weighted by Gasteiger charge is -2.55. The molecule has 5 rings (SSSR count). The molecule has 12 heteroatoms. The van der Waals surface area contributed by atoms with E-state index < -0.39 is 24.2 Å². The number of aromatic hydroxyl groups is 1. The highest BCUT2D eigenvalue weighted by Gasteiger charge is 2.51. The second-order valence-corrected chi connectivity index (χ2v) is 10.6. The van der Waals surface area contributed by atoms with Crippen LogP contribution in [0.4, 0.5) is 4.79 Å². The molecular weight excluding hydrogens is 564 g/mol. The fraction of sp³-hybridized carbons (Fsp3) is 0.281. The number of piperazine rings is 1. The van der Waals surface area contributed by atoms with Crippen molar-refractivity contribution in [3.05, 3.63) is 108 Å². The molecular formula is C32H34N6O6. The lowest BCUT2D eigenvalue weighted by molar-refractivity contribution is -0.189. The molecule has 12 nitrogen and oxygen atoms in total. The number of ether oxygens (including phenoxy) is 1. The van der Waals surface area contributed by atoms with Gasteiger partial charge in [-0.1, -0.05) is 48.5 Å². The number of esters is 1. The van der Waals surface area contributed by atoms with Crippen LogP contribution >= 0.6 is 0 Å². The summed E-state index contributed by atoms with van der Waals surface area (Å²) >= 11 is 0. The normalized spacial score (nSPS) is 18.5. The van der Waals surface area contributed by atoms with Crippen LogP contribution in [-0.4, -0.2) is 92.7 Å². The van der Waals surface area contributed by atoms with Crippen molar-refractivity contribution in [1.82, 2.24) is 30.1 Å². The maximum atomic E-state index is 14.1. The van der Waals surface area contributed by atoms with Crippen molar-refractivity contribution in [3.8, 4) is 5.75 Å². The standard InChI is InChI=1S/C32H34N6O6/c1-3-13-36-21-29(40)37-27(15-22-9-11-26(39)12-10-22)30(41)35(19-24-14-25(18-33-16-24)31(42)44-2)20-28(37)38(36)32(43)34-17-23-7-5-4-6-8-23/h3-12,14,16,18,27-28,39H,1,13,15,17,19-21H2,2H3,(H,34,43)/t27-,28-/m0/s1. The number of rotatable bonds is 9. The number of benzene rings is 2. The highest BCUT2D eigenvalue weighted by atomic mass is 16.5. The Morgan fingerprint density at radius 1 is 1.07 bits per heavy atom. The van der Waals surface area contributed by atoms with Crippen molar-refractivity contribution in [2.45, 2.75) is 31.7 Å². The number of nitrogens with one attached hydrogen (secondary N) is 1. The highest BCUT2D eigenvalue weighted by Crippen LogP contribution is 2.29. The van der Waals surface area contributed by atoms with Crippen LogP contribution in [0.15, 0.2) is 85.7 Å². The van der Waals surface area contributed by atoms with E-state index in [0.29, 0.717) is 5.56 Å².